The van der Waals surface area contributed by atoms with Crippen LogP contribution in [0.3, 0.4) is 0 Å². The van der Waals surface area contributed by atoms with Gasteiger partial charge in [-0.25, -0.2) is 4.98 Å². The summed E-state index contributed by atoms with van der Waals surface area (Å²) >= 11 is 0. The molecule has 0 unspecified atom stereocenters. The number of nitrogens with one attached hydrogen (secondary N) is 1. The zero-order valence-corrected chi connectivity index (χ0v) is 14.4. The van der Waals surface area contributed by atoms with E-state index in [2.05, 4.69) is 50.5 Å². The fourth-order valence-corrected chi connectivity index (χ4v) is 3.08. The minimum absolute atomic E-state index is 0.744. The lowest BCUT2D eigenvalue weighted by molar-refractivity contribution is 0.122. The zero-order valence-electron chi connectivity index (χ0n) is 14.4. The number of nitrogens with zero attached hydrogens (tertiary/aromatic N) is 3. The largest absolute Gasteiger partial charge is 0.378 e. The summed E-state index contributed by atoms with van der Waals surface area (Å²) in [5.74, 6) is 0.888. The normalized spacial score (nSPS) is 14.7. The van der Waals surface area contributed by atoms with Crippen molar-refractivity contribution in [3.8, 4) is 0 Å². The van der Waals surface area contributed by atoms with E-state index in [0.29, 0.717) is 0 Å². The van der Waals surface area contributed by atoms with Gasteiger partial charge in [0.25, 0.3) is 0 Å². The summed E-state index contributed by atoms with van der Waals surface area (Å²) in [6.45, 7) is 6.19. The van der Waals surface area contributed by atoms with Crippen molar-refractivity contribution in [3.63, 3.8) is 0 Å². The highest BCUT2D eigenvalue weighted by atomic mass is 16.5. The van der Waals surface area contributed by atoms with Crippen molar-refractivity contribution in [2.75, 3.05) is 36.5 Å². The van der Waals surface area contributed by atoms with E-state index in [1.165, 1.54) is 10.9 Å². The lowest BCUT2D eigenvalue weighted by atomic mass is 10.1. The maximum absolute atomic E-state index is 5.39. The van der Waals surface area contributed by atoms with Crippen LogP contribution in [0, 0.1) is 6.92 Å². The predicted octanol–water partition coefficient (Wildman–Crippen LogP) is 3.39. The summed E-state index contributed by atoms with van der Waals surface area (Å²) in [6, 6.07) is 14.7. The molecule has 4 rings (SSSR count). The van der Waals surface area contributed by atoms with Crippen LogP contribution in [-0.2, 0) is 11.3 Å². The highest BCUT2D eigenvalue weighted by molar-refractivity contribution is 5.79. The molecule has 0 amide bonds. The average molecular weight is 334 g/mol. The molecule has 5 heteroatoms. The van der Waals surface area contributed by atoms with Gasteiger partial charge in [-0.2, -0.15) is 0 Å². The molecule has 128 valence electrons. The van der Waals surface area contributed by atoms with Crippen molar-refractivity contribution in [3.05, 3.63) is 59.9 Å². The second kappa shape index (κ2) is 7.07. The molecule has 1 saturated heterocycles. The van der Waals surface area contributed by atoms with E-state index >= 15 is 0 Å². The third kappa shape index (κ3) is 3.72. The topological polar surface area (TPSA) is 50.3 Å². The van der Waals surface area contributed by atoms with E-state index in [4.69, 9.17) is 4.74 Å². The first-order valence-corrected chi connectivity index (χ1v) is 8.67. The van der Waals surface area contributed by atoms with Crippen molar-refractivity contribution in [2.45, 2.75) is 13.5 Å². The Morgan fingerprint density at radius 2 is 1.96 bits per heavy atom. The van der Waals surface area contributed by atoms with E-state index < -0.39 is 0 Å². The van der Waals surface area contributed by atoms with E-state index in [9.17, 15) is 0 Å². The van der Waals surface area contributed by atoms with Gasteiger partial charge in [0.15, 0.2) is 0 Å². The molecule has 1 N–H and O–H groups in total. The van der Waals surface area contributed by atoms with Crippen LogP contribution >= 0.6 is 0 Å². The molecule has 0 bridgehead atoms. The Labute approximate surface area is 147 Å². The lowest BCUT2D eigenvalue weighted by Crippen LogP contribution is -2.36. The van der Waals surface area contributed by atoms with Crippen molar-refractivity contribution in [1.82, 2.24) is 9.97 Å². The number of anilines is 2. The summed E-state index contributed by atoms with van der Waals surface area (Å²) < 4.78 is 5.39. The molecule has 1 fully saturated rings. The number of benzene rings is 1. The van der Waals surface area contributed by atoms with Crippen LogP contribution in [0.5, 0.6) is 0 Å². The zero-order chi connectivity index (χ0) is 17.1. The van der Waals surface area contributed by atoms with Crippen LogP contribution in [0.2, 0.25) is 0 Å². The van der Waals surface area contributed by atoms with Crippen LogP contribution in [0.15, 0.2) is 48.7 Å². The van der Waals surface area contributed by atoms with Gasteiger partial charge in [0, 0.05) is 30.7 Å². The minimum Gasteiger partial charge on any atom is -0.378 e. The fraction of sp³-hybridized carbons (Fsp3) is 0.300. The first kappa shape index (κ1) is 15.8. The minimum atomic E-state index is 0.744. The molecule has 25 heavy (non-hydrogen) atoms. The average Bonchev–Trinajstić information content (AvgIpc) is 2.67. The summed E-state index contributed by atoms with van der Waals surface area (Å²) in [7, 11) is 0. The molecule has 1 aliphatic heterocycles. The van der Waals surface area contributed by atoms with Gasteiger partial charge in [-0.15, -0.1) is 0 Å². The van der Waals surface area contributed by atoms with Crippen LogP contribution < -0.4 is 10.2 Å². The molecule has 0 atom stereocenters. The Kier molecular flexibility index (Phi) is 4.48. The van der Waals surface area contributed by atoms with E-state index in [-0.39, 0.29) is 0 Å². The molecule has 0 spiro atoms. The van der Waals surface area contributed by atoms with Gasteiger partial charge in [0.2, 0.25) is 0 Å². The van der Waals surface area contributed by atoms with E-state index in [1.807, 2.05) is 25.3 Å². The molecule has 0 saturated carbocycles. The maximum atomic E-state index is 5.39. The van der Waals surface area contributed by atoms with Gasteiger partial charge in [0.1, 0.15) is 5.82 Å². The van der Waals surface area contributed by atoms with Crippen molar-refractivity contribution >= 4 is 22.4 Å². The Balaban J connectivity index is 1.41. The third-order valence-corrected chi connectivity index (χ3v) is 4.49. The molecular formula is C20H22N4O. The van der Waals surface area contributed by atoms with Crippen LogP contribution in [-0.4, -0.2) is 36.3 Å². The fourth-order valence-electron chi connectivity index (χ4n) is 3.08. The number of morpholine rings is 1. The number of hydrogen-bond donors (Lipinski definition) is 1. The molecule has 1 aromatic carbocycles. The summed E-state index contributed by atoms with van der Waals surface area (Å²) in [5.41, 5.74) is 4.46. The quantitative estimate of drug-likeness (QED) is 0.792. The van der Waals surface area contributed by atoms with Crippen molar-refractivity contribution < 1.29 is 4.74 Å². The summed E-state index contributed by atoms with van der Waals surface area (Å²) in [4.78, 5) is 11.4. The first-order chi connectivity index (χ1) is 12.3. The smallest absolute Gasteiger partial charge is 0.126 e. The second-order valence-corrected chi connectivity index (χ2v) is 6.33. The molecule has 3 heterocycles. The summed E-state index contributed by atoms with van der Waals surface area (Å²) in [5, 5.41) is 4.56. The SMILES string of the molecule is Cc1ccc2cc(CNc3ccc(N4CCOCC4)cn3)ccc2n1. The van der Waals surface area contributed by atoms with Gasteiger partial charge in [-0.05, 0) is 42.8 Å². The number of rotatable bonds is 4. The molecule has 0 aliphatic carbocycles. The molecule has 2 aromatic heterocycles. The van der Waals surface area contributed by atoms with Crippen LogP contribution in [0.4, 0.5) is 11.5 Å². The Morgan fingerprint density at radius 1 is 1.08 bits per heavy atom. The maximum Gasteiger partial charge on any atom is 0.126 e. The number of pyridine rings is 2. The predicted molar refractivity (Wildman–Crippen MR) is 101 cm³/mol. The molecule has 3 aromatic rings. The number of aryl methyl sites for hydroxylation is 1. The molecule has 5 nitrogen and oxygen atoms in total. The van der Waals surface area contributed by atoms with E-state index in [0.717, 1.165) is 55.6 Å². The lowest BCUT2D eigenvalue weighted by Gasteiger charge is -2.28. The van der Waals surface area contributed by atoms with Crippen molar-refractivity contribution in [2.24, 2.45) is 0 Å². The molecular weight excluding hydrogens is 312 g/mol. The number of ether oxygens (including phenoxy) is 1. The van der Waals surface area contributed by atoms with Gasteiger partial charge in [0.05, 0.1) is 30.6 Å². The molecule has 1 aliphatic rings. The van der Waals surface area contributed by atoms with Gasteiger partial charge in [-0.3, -0.25) is 4.98 Å². The Hall–Kier alpha value is -2.66. The van der Waals surface area contributed by atoms with Gasteiger partial charge < -0.3 is 15.0 Å². The number of fused-ring (bicyclic) bond motifs is 1. The summed E-state index contributed by atoms with van der Waals surface area (Å²) in [6.07, 6.45) is 1.93. The van der Waals surface area contributed by atoms with Gasteiger partial charge in [-0.1, -0.05) is 12.1 Å². The van der Waals surface area contributed by atoms with Gasteiger partial charge >= 0.3 is 0 Å². The standard InChI is InChI=1S/C20H22N4O/c1-15-2-4-17-12-16(3-6-19(17)23-15)13-21-20-7-5-18(14-22-20)24-8-10-25-11-9-24/h2-7,12,14H,8-11,13H2,1H3,(H,21,22). The first-order valence-electron chi connectivity index (χ1n) is 8.67. The highest BCUT2D eigenvalue weighted by Crippen LogP contribution is 2.18. The second-order valence-electron chi connectivity index (χ2n) is 6.33. The Morgan fingerprint density at radius 3 is 2.76 bits per heavy atom. The Bertz CT molecular complexity index is 857. The third-order valence-electron chi connectivity index (χ3n) is 4.49. The molecule has 0 radical (unpaired) electrons. The van der Waals surface area contributed by atoms with Crippen molar-refractivity contribution in [1.29, 1.82) is 0 Å². The van der Waals surface area contributed by atoms with Crippen LogP contribution in [0.1, 0.15) is 11.3 Å². The number of aromatic nitrogens is 2. The highest BCUT2D eigenvalue weighted by Gasteiger charge is 2.11. The van der Waals surface area contributed by atoms with E-state index in [1.54, 1.807) is 0 Å². The number of hydrogen-bond acceptors (Lipinski definition) is 5. The monoisotopic (exact) mass is 334 g/mol. The van der Waals surface area contributed by atoms with Crippen LogP contribution in [0.25, 0.3) is 10.9 Å².